The van der Waals surface area contributed by atoms with Crippen molar-refractivity contribution >= 4 is 17.1 Å². The molecule has 0 aromatic carbocycles. The summed E-state index contributed by atoms with van der Waals surface area (Å²) in [7, 11) is 0. The van der Waals surface area contributed by atoms with Crippen LogP contribution in [0.2, 0.25) is 0 Å². The van der Waals surface area contributed by atoms with Gasteiger partial charge in [-0.25, -0.2) is 0 Å². The second-order valence-corrected chi connectivity index (χ2v) is 6.80. The highest BCUT2D eigenvalue weighted by Crippen LogP contribution is 2.35. The molecule has 0 spiro atoms. The van der Waals surface area contributed by atoms with E-state index in [1.165, 1.54) is 17.7 Å². The minimum absolute atomic E-state index is 0.163. The summed E-state index contributed by atoms with van der Waals surface area (Å²) in [6.07, 6.45) is 2.48. The molecule has 0 bridgehead atoms. The van der Waals surface area contributed by atoms with E-state index in [0.717, 1.165) is 5.92 Å². The predicted octanol–water partition coefficient (Wildman–Crippen LogP) is 4.86. The van der Waals surface area contributed by atoms with Crippen LogP contribution in [0.25, 0.3) is 0 Å². The molecule has 0 nitrogen and oxygen atoms in total. The molecule has 0 atom stereocenters. The Morgan fingerprint density at radius 3 is 1.79 bits per heavy atom. The van der Waals surface area contributed by atoms with Crippen molar-refractivity contribution in [1.29, 1.82) is 0 Å². The lowest BCUT2D eigenvalue weighted by atomic mass is 9.73. The first-order valence-electron chi connectivity index (χ1n) is 5.62. The van der Waals surface area contributed by atoms with Gasteiger partial charge in [0.25, 0.3) is 0 Å². The average molecular weight is 214 g/mol. The fraction of sp³-hybridized carbons (Fsp3) is 0.923. The Balaban J connectivity index is 4.39. The topological polar surface area (TPSA) is 0 Å². The highest BCUT2D eigenvalue weighted by molar-refractivity contribution is 7.80. The molecule has 0 amide bonds. The molecular formula is C13H26S. The van der Waals surface area contributed by atoms with Crippen molar-refractivity contribution in [3.8, 4) is 0 Å². The quantitative estimate of drug-likeness (QED) is 0.602. The minimum atomic E-state index is 0.163. The Labute approximate surface area is 95.5 Å². The van der Waals surface area contributed by atoms with Crippen LogP contribution in [-0.4, -0.2) is 4.86 Å². The van der Waals surface area contributed by atoms with Crippen molar-refractivity contribution < 1.29 is 0 Å². The second-order valence-electron chi connectivity index (χ2n) is 6.40. The van der Waals surface area contributed by atoms with Gasteiger partial charge in [0.05, 0.1) is 0 Å². The van der Waals surface area contributed by atoms with E-state index in [-0.39, 0.29) is 10.8 Å². The third kappa shape index (κ3) is 4.54. The van der Waals surface area contributed by atoms with Gasteiger partial charge in [-0.1, -0.05) is 67.1 Å². The molecule has 0 saturated carbocycles. The molecule has 0 heterocycles. The van der Waals surface area contributed by atoms with Gasteiger partial charge in [0.1, 0.15) is 0 Å². The summed E-state index contributed by atoms with van der Waals surface area (Å²) >= 11 is 5.58. The van der Waals surface area contributed by atoms with Crippen LogP contribution < -0.4 is 0 Å². The number of rotatable bonds is 4. The van der Waals surface area contributed by atoms with Crippen LogP contribution in [0.15, 0.2) is 0 Å². The largest absolute Gasteiger partial charge is 0.0885 e. The van der Waals surface area contributed by atoms with Crippen LogP contribution in [0, 0.1) is 16.7 Å². The summed E-state index contributed by atoms with van der Waals surface area (Å²) in [6.45, 7) is 15.8. The maximum absolute atomic E-state index is 5.58. The normalized spacial score (nSPS) is 13.4. The Morgan fingerprint density at radius 1 is 1.07 bits per heavy atom. The molecule has 0 aromatic rings. The summed E-state index contributed by atoms with van der Waals surface area (Å²) in [6, 6.07) is 0. The lowest BCUT2D eigenvalue weighted by Crippen LogP contribution is -2.33. The predicted molar refractivity (Wildman–Crippen MR) is 69.9 cm³/mol. The third-order valence-electron chi connectivity index (χ3n) is 2.64. The van der Waals surface area contributed by atoms with Crippen LogP contribution in [0.5, 0.6) is 0 Å². The van der Waals surface area contributed by atoms with Crippen LogP contribution in [-0.2, 0) is 0 Å². The van der Waals surface area contributed by atoms with Crippen LogP contribution in [0.4, 0.5) is 0 Å². The van der Waals surface area contributed by atoms with Crippen molar-refractivity contribution in [2.45, 2.75) is 61.3 Å². The van der Waals surface area contributed by atoms with Gasteiger partial charge in [0.2, 0.25) is 0 Å². The molecule has 0 aliphatic carbocycles. The summed E-state index contributed by atoms with van der Waals surface area (Å²) in [5.74, 6) is 0.775. The lowest BCUT2D eigenvalue weighted by molar-refractivity contribution is 0.384. The molecular weight excluding hydrogens is 188 g/mol. The Bertz CT molecular complexity index is 194. The number of hydrogen-bond donors (Lipinski definition) is 0. The van der Waals surface area contributed by atoms with E-state index >= 15 is 0 Å². The molecule has 0 N–H and O–H groups in total. The zero-order chi connectivity index (χ0) is 11.6. The summed E-state index contributed by atoms with van der Waals surface area (Å²) in [4.78, 5) is 1.21. The van der Waals surface area contributed by atoms with E-state index < -0.39 is 0 Å². The van der Waals surface area contributed by atoms with Gasteiger partial charge in [-0.2, -0.15) is 0 Å². The summed E-state index contributed by atoms with van der Waals surface area (Å²) in [5, 5.41) is 0. The highest BCUT2D eigenvalue weighted by Gasteiger charge is 2.31. The molecule has 0 radical (unpaired) electrons. The molecule has 0 saturated heterocycles. The van der Waals surface area contributed by atoms with Crippen molar-refractivity contribution in [1.82, 2.24) is 0 Å². The van der Waals surface area contributed by atoms with E-state index in [1.54, 1.807) is 0 Å². The summed E-state index contributed by atoms with van der Waals surface area (Å²) in [5.41, 5.74) is 0.369. The maximum Gasteiger partial charge on any atom is 0.00382 e. The average Bonchev–Trinajstić information content (AvgIpc) is 1.98. The van der Waals surface area contributed by atoms with Crippen molar-refractivity contribution in [2.24, 2.45) is 16.7 Å². The molecule has 1 heteroatoms. The minimum Gasteiger partial charge on any atom is -0.0885 e. The van der Waals surface area contributed by atoms with Crippen molar-refractivity contribution in [3.05, 3.63) is 0 Å². The summed E-state index contributed by atoms with van der Waals surface area (Å²) < 4.78 is 0. The van der Waals surface area contributed by atoms with Crippen LogP contribution in [0.1, 0.15) is 61.3 Å². The lowest BCUT2D eigenvalue weighted by Gasteiger charge is -2.34. The van der Waals surface area contributed by atoms with E-state index in [2.05, 4.69) is 48.5 Å². The van der Waals surface area contributed by atoms with Crippen molar-refractivity contribution in [3.63, 3.8) is 0 Å². The molecule has 84 valence electrons. The van der Waals surface area contributed by atoms with Gasteiger partial charge >= 0.3 is 0 Å². The van der Waals surface area contributed by atoms with Gasteiger partial charge in [0, 0.05) is 4.86 Å². The molecule has 0 rings (SSSR count). The SMILES string of the molecule is CC(C)CCC(C)(C)C(=S)C(C)(C)C. The van der Waals surface area contributed by atoms with Gasteiger partial charge in [-0.15, -0.1) is 0 Å². The smallest absolute Gasteiger partial charge is 0.00382 e. The van der Waals surface area contributed by atoms with E-state index in [0.29, 0.717) is 0 Å². The number of hydrogen-bond acceptors (Lipinski definition) is 1. The zero-order valence-corrected chi connectivity index (χ0v) is 11.7. The Kier molecular flexibility index (Phi) is 4.77. The van der Waals surface area contributed by atoms with E-state index in [4.69, 9.17) is 12.2 Å². The first kappa shape index (κ1) is 14.1. The Morgan fingerprint density at radius 2 is 1.50 bits per heavy atom. The first-order valence-corrected chi connectivity index (χ1v) is 6.03. The zero-order valence-electron chi connectivity index (χ0n) is 10.9. The van der Waals surface area contributed by atoms with Gasteiger partial charge in [-0.05, 0) is 23.2 Å². The Hall–Kier alpha value is 0.0900. The van der Waals surface area contributed by atoms with E-state index in [1.807, 2.05) is 0 Å². The molecule has 14 heavy (non-hydrogen) atoms. The number of thiocarbonyl (C=S) groups is 1. The molecule has 0 aromatic heterocycles. The maximum atomic E-state index is 5.58. The molecule has 0 aliphatic rings. The van der Waals surface area contributed by atoms with E-state index in [9.17, 15) is 0 Å². The second kappa shape index (κ2) is 4.74. The first-order chi connectivity index (χ1) is 6.07. The standard InChI is InChI=1S/C13H26S/c1-10(2)8-9-13(6,7)11(14)12(3,4)5/h10H,8-9H2,1-7H3. The highest BCUT2D eigenvalue weighted by atomic mass is 32.1. The fourth-order valence-electron chi connectivity index (χ4n) is 1.78. The third-order valence-corrected chi connectivity index (χ3v) is 3.81. The van der Waals surface area contributed by atoms with Gasteiger partial charge in [-0.3, -0.25) is 0 Å². The molecule has 0 fully saturated rings. The van der Waals surface area contributed by atoms with Gasteiger partial charge < -0.3 is 0 Å². The van der Waals surface area contributed by atoms with Crippen LogP contribution >= 0.6 is 12.2 Å². The molecule has 0 unspecified atom stereocenters. The van der Waals surface area contributed by atoms with Crippen molar-refractivity contribution in [2.75, 3.05) is 0 Å². The fourth-order valence-corrected chi connectivity index (χ4v) is 1.88. The molecule has 0 aliphatic heterocycles. The van der Waals surface area contributed by atoms with Crippen LogP contribution in [0.3, 0.4) is 0 Å². The van der Waals surface area contributed by atoms with Gasteiger partial charge in [0.15, 0.2) is 0 Å². The monoisotopic (exact) mass is 214 g/mol.